The summed E-state index contributed by atoms with van der Waals surface area (Å²) < 4.78 is 5.39. The van der Waals surface area contributed by atoms with Gasteiger partial charge < -0.3 is 4.74 Å². The van der Waals surface area contributed by atoms with E-state index in [9.17, 15) is 9.59 Å². The zero-order valence-corrected chi connectivity index (χ0v) is 11.7. The summed E-state index contributed by atoms with van der Waals surface area (Å²) >= 11 is 5.57. The van der Waals surface area contributed by atoms with Gasteiger partial charge in [-0.25, -0.2) is 4.79 Å². The lowest BCUT2D eigenvalue weighted by Crippen LogP contribution is -2.47. The number of ether oxygens (including phenoxy) is 1. The molecular formula is C13H18ClNO3. The molecule has 0 aliphatic carbocycles. The summed E-state index contributed by atoms with van der Waals surface area (Å²) in [4.78, 5) is 25.2. The number of hydrogen-bond donors (Lipinski definition) is 0. The smallest absolute Gasteiger partial charge is 0.411 e. The first-order valence-electron chi connectivity index (χ1n) is 6.21. The van der Waals surface area contributed by atoms with Crippen LogP contribution in [0, 0.1) is 0 Å². The van der Waals surface area contributed by atoms with Crippen LogP contribution in [0.25, 0.3) is 0 Å². The van der Waals surface area contributed by atoms with Crippen molar-refractivity contribution in [1.82, 2.24) is 4.90 Å². The zero-order chi connectivity index (χ0) is 13.5. The number of amides is 1. The molecule has 0 radical (unpaired) electrons. The fraction of sp³-hybridized carbons (Fsp3) is 0.692. The van der Waals surface area contributed by atoms with Gasteiger partial charge in [0.1, 0.15) is 5.60 Å². The van der Waals surface area contributed by atoms with Crippen LogP contribution in [0.3, 0.4) is 0 Å². The van der Waals surface area contributed by atoms with Crippen molar-refractivity contribution < 1.29 is 14.3 Å². The highest BCUT2D eigenvalue weighted by Crippen LogP contribution is 2.37. The van der Waals surface area contributed by atoms with Crippen LogP contribution >= 0.6 is 11.6 Å². The zero-order valence-electron chi connectivity index (χ0n) is 10.9. The Hall–Kier alpha value is -1.03. The van der Waals surface area contributed by atoms with Gasteiger partial charge in [-0.15, -0.1) is 0 Å². The van der Waals surface area contributed by atoms with E-state index in [1.54, 1.807) is 4.90 Å². The molecule has 2 bridgehead atoms. The third-order valence-corrected chi connectivity index (χ3v) is 3.52. The molecule has 18 heavy (non-hydrogen) atoms. The highest BCUT2D eigenvalue weighted by atomic mass is 35.5. The minimum absolute atomic E-state index is 0.143. The van der Waals surface area contributed by atoms with E-state index in [4.69, 9.17) is 16.3 Å². The van der Waals surface area contributed by atoms with Gasteiger partial charge in [-0.05, 0) is 51.6 Å². The summed E-state index contributed by atoms with van der Waals surface area (Å²) in [6.45, 7) is 5.50. The van der Waals surface area contributed by atoms with Crippen LogP contribution in [0.15, 0.2) is 11.6 Å². The molecule has 2 aliphatic heterocycles. The molecular weight excluding hydrogens is 254 g/mol. The molecule has 1 saturated heterocycles. The van der Waals surface area contributed by atoms with Gasteiger partial charge >= 0.3 is 6.09 Å². The first kappa shape index (κ1) is 13.4. The van der Waals surface area contributed by atoms with Gasteiger partial charge in [-0.1, -0.05) is 6.08 Å². The molecule has 2 aliphatic rings. The van der Waals surface area contributed by atoms with Crippen LogP contribution in [0.1, 0.15) is 40.0 Å². The largest absolute Gasteiger partial charge is 0.444 e. The maximum absolute atomic E-state index is 12.2. The molecule has 2 heterocycles. The molecule has 0 aromatic rings. The van der Waals surface area contributed by atoms with Crippen molar-refractivity contribution in [2.45, 2.75) is 57.7 Å². The van der Waals surface area contributed by atoms with E-state index in [-0.39, 0.29) is 18.2 Å². The molecule has 100 valence electrons. The average molecular weight is 272 g/mol. The van der Waals surface area contributed by atoms with E-state index in [1.165, 1.54) is 0 Å². The van der Waals surface area contributed by atoms with Gasteiger partial charge in [0.25, 0.3) is 0 Å². The number of fused-ring (bicyclic) bond motifs is 2. The van der Waals surface area contributed by atoms with E-state index in [0.717, 1.165) is 12.8 Å². The number of halogens is 1. The Morgan fingerprint density at radius 2 is 2.06 bits per heavy atom. The lowest BCUT2D eigenvalue weighted by Gasteiger charge is -2.35. The summed E-state index contributed by atoms with van der Waals surface area (Å²) in [5.74, 6) is 0. The fourth-order valence-electron chi connectivity index (χ4n) is 2.62. The Labute approximate surface area is 112 Å². The maximum Gasteiger partial charge on any atom is 0.411 e. The number of hydrogen-bond acceptors (Lipinski definition) is 3. The number of rotatable bonds is 1. The number of nitrogens with zero attached hydrogens (tertiary/aromatic N) is 1. The van der Waals surface area contributed by atoms with Crippen molar-refractivity contribution in [3.8, 4) is 0 Å². The molecule has 0 aromatic heterocycles. The summed E-state index contributed by atoms with van der Waals surface area (Å²) in [5, 5.41) is -0.464. The van der Waals surface area contributed by atoms with Crippen molar-refractivity contribution in [1.29, 1.82) is 0 Å². The minimum atomic E-state index is -0.525. The molecule has 0 N–H and O–H groups in total. The third-order valence-electron chi connectivity index (χ3n) is 3.30. The second kappa shape index (κ2) is 4.57. The van der Waals surface area contributed by atoms with Gasteiger partial charge in [-0.3, -0.25) is 9.69 Å². The fourth-order valence-corrected chi connectivity index (χ4v) is 2.82. The van der Waals surface area contributed by atoms with Crippen molar-refractivity contribution in [2.75, 3.05) is 0 Å². The van der Waals surface area contributed by atoms with Gasteiger partial charge in [0.2, 0.25) is 5.24 Å². The average Bonchev–Trinajstić information content (AvgIpc) is 2.49. The Bertz CT molecular complexity index is 411. The molecule has 5 heteroatoms. The molecule has 2 unspecified atom stereocenters. The predicted molar refractivity (Wildman–Crippen MR) is 68.4 cm³/mol. The molecule has 4 nitrogen and oxygen atoms in total. The number of carbonyl (C=O) groups is 2. The molecule has 0 aromatic carbocycles. The molecule has 1 fully saturated rings. The van der Waals surface area contributed by atoms with E-state index in [1.807, 2.05) is 26.8 Å². The SMILES string of the molecule is CC(C)(C)OC(=O)N1C2CC=C(C(=O)Cl)C1CC2. The summed E-state index contributed by atoms with van der Waals surface area (Å²) in [5.41, 5.74) is 0.0132. The van der Waals surface area contributed by atoms with Crippen LogP contribution in [0.2, 0.25) is 0 Å². The Balaban J connectivity index is 2.18. The normalized spacial score (nSPS) is 26.9. The highest BCUT2D eigenvalue weighted by molar-refractivity contribution is 6.67. The minimum Gasteiger partial charge on any atom is -0.444 e. The lowest BCUT2D eigenvalue weighted by atomic mass is 10.0. The topological polar surface area (TPSA) is 46.6 Å². The standard InChI is InChI=1S/C13H18ClNO3/c1-13(2,3)18-12(17)15-8-4-6-9(11(14)16)10(15)7-5-8/h6,8,10H,4-5,7H2,1-3H3. The van der Waals surface area contributed by atoms with Crippen molar-refractivity contribution >= 4 is 22.9 Å². The second-order valence-electron chi connectivity index (χ2n) is 5.80. The van der Waals surface area contributed by atoms with Gasteiger partial charge in [0, 0.05) is 11.6 Å². The number of carbonyl (C=O) groups excluding carboxylic acids is 2. The van der Waals surface area contributed by atoms with Crippen LogP contribution in [0.4, 0.5) is 4.79 Å². The Morgan fingerprint density at radius 1 is 1.39 bits per heavy atom. The Morgan fingerprint density at radius 3 is 2.61 bits per heavy atom. The highest BCUT2D eigenvalue weighted by Gasteiger charge is 2.44. The maximum atomic E-state index is 12.2. The van der Waals surface area contributed by atoms with Crippen LogP contribution < -0.4 is 0 Å². The molecule has 0 spiro atoms. The van der Waals surface area contributed by atoms with Crippen LogP contribution in [-0.2, 0) is 9.53 Å². The van der Waals surface area contributed by atoms with E-state index in [0.29, 0.717) is 12.0 Å². The second-order valence-corrected chi connectivity index (χ2v) is 6.15. The summed E-state index contributed by atoms with van der Waals surface area (Å²) in [7, 11) is 0. The molecule has 1 amide bonds. The Kier molecular flexibility index (Phi) is 3.41. The van der Waals surface area contributed by atoms with Crippen molar-refractivity contribution in [2.24, 2.45) is 0 Å². The van der Waals surface area contributed by atoms with Crippen LogP contribution in [-0.4, -0.2) is 33.9 Å². The summed E-state index contributed by atoms with van der Waals surface area (Å²) in [6, 6.07) is -0.0618. The monoisotopic (exact) mass is 271 g/mol. The molecule has 2 atom stereocenters. The first-order chi connectivity index (χ1) is 8.29. The molecule has 2 rings (SSSR count). The summed E-state index contributed by atoms with van der Waals surface area (Å²) in [6.07, 6.45) is 3.88. The predicted octanol–water partition coefficient (Wildman–Crippen LogP) is 2.85. The lowest BCUT2D eigenvalue weighted by molar-refractivity contribution is -0.109. The van der Waals surface area contributed by atoms with Gasteiger partial charge in [0.05, 0.1) is 6.04 Å². The van der Waals surface area contributed by atoms with E-state index >= 15 is 0 Å². The van der Waals surface area contributed by atoms with E-state index in [2.05, 4.69) is 0 Å². The third kappa shape index (κ3) is 2.53. The first-order valence-corrected chi connectivity index (χ1v) is 6.58. The van der Waals surface area contributed by atoms with E-state index < -0.39 is 10.8 Å². The molecule has 0 saturated carbocycles. The van der Waals surface area contributed by atoms with Gasteiger partial charge in [-0.2, -0.15) is 0 Å². The van der Waals surface area contributed by atoms with Crippen molar-refractivity contribution in [3.63, 3.8) is 0 Å². The quantitative estimate of drug-likeness (QED) is 0.689. The van der Waals surface area contributed by atoms with Crippen molar-refractivity contribution in [3.05, 3.63) is 11.6 Å². The van der Waals surface area contributed by atoms with Gasteiger partial charge in [0.15, 0.2) is 0 Å². The van der Waals surface area contributed by atoms with Crippen LogP contribution in [0.5, 0.6) is 0 Å².